The number of nitrogens with zero attached hydrogens (tertiary/aromatic N) is 6. The lowest BCUT2D eigenvalue weighted by Gasteiger charge is -2.09. The van der Waals surface area contributed by atoms with Crippen LogP contribution in [-0.2, 0) is 13.5 Å². The zero-order valence-corrected chi connectivity index (χ0v) is 23.4. The topological polar surface area (TPSA) is 82.0 Å². The van der Waals surface area contributed by atoms with Gasteiger partial charge in [-0.2, -0.15) is 5.10 Å². The molecule has 1 N–H and O–H groups in total. The second kappa shape index (κ2) is 10.6. The number of benzene rings is 2. The first-order valence-electron chi connectivity index (χ1n) is 13.3. The number of imidazole rings is 2. The molecule has 2 aromatic carbocycles. The van der Waals surface area contributed by atoms with E-state index in [-0.39, 0.29) is 5.78 Å². The van der Waals surface area contributed by atoms with E-state index in [1.54, 1.807) is 23.4 Å². The van der Waals surface area contributed by atoms with E-state index in [0.29, 0.717) is 12.0 Å². The number of nitrogens with one attached hydrogen (secondary N) is 1. The molecule has 6 aromatic rings. The van der Waals surface area contributed by atoms with Crippen molar-refractivity contribution in [2.75, 3.05) is 5.32 Å². The van der Waals surface area contributed by atoms with Crippen molar-refractivity contribution in [3.8, 4) is 17.5 Å². The number of carbonyl (C=O) groups excluding carboxylic acids is 1. The fourth-order valence-electron chi connectivity index (χ4n) is 4.85. The average Bonchev–Trinajstić information content (AvgIpc) is 3.68. The maximum Gasteiger partial charge on any atom is 0.167 e. The molecular weight excluding hydrogens is 510 g/mol. The van der Waals surface area contributed by atoms with Gasteiger partial charge in [0.25, 0.3) is 0 Å². The van der Waals surface area contributed by atoms with Crippen LogP contribution in [0, 0.1) is 32.6 Å². The summed E-state index contributed by atoms with van der Waals surface area (Å²) in [6.45, 7) is 6.00. The fraction of sp³-hybridized carbons (Fsp3) is 0.152. The van der Waals surface area contributed by atoms with Crippen LogP contribution in [0.15, 0.2) is 85.8 Å². The summed E-state index contributed by atoms with van der Waals surface area (Å²) in [5.41, 5.74) is 9.74. The molecule has 0 aliphatic rings. The Kier molecular flexibility index (Phi) is 6.70. The highest BCUT2D eigenvalue weighted by Crippen LogP contribution is 2.22. The molecule has 0 bridgehead atoms. The molecule has 0 aliphatic carbocycles. The smallest absolute Gasteiger partial charge is 0.167 e. The lowest BCUT2D eigenvalue weighted by Crippen LogP contribution is -2.05. The maximum atomic E-state index is 13.3. The first kappa shape index (κ1) is 25.8. The molecule has 202 valence electrons. The van der Waals surface area contributed by atoms with Crippen molar-refractivity contribution in [2.24, 2.45) is 7.05 Å². The van der Waals surface area contributed by atoms with Gasteiger partial charge in [0.15, 0.2) is 11.4 Å². The third kappa shape index (κ3) is 5.52. The van der Waals surface area contributed by atoms with Gasteiger partial charge >= 0.3 is 0 Å². The molecule has 4 aromatic heterocycles. The molecular formula is C33H29N7O. The number of Topliss-reactive ketones (excluding diaryl/α,β-unsaturated/α-hetero) is 1. The van der Waals surface area contributed by atoms with Crippen LogP contribution < -0.4 is 5.32 Å². The van der Waals surface area contributed by atoms with Gasteiger partial charge in [-0.1, -0.05) is 24.1 Å². The van der Waals surface area contributed by atoms with E-state index >= 15 is 0 Å². The van der Waals surface area contributed by atoms with Gasteiger partial charge in [-0.15, -0.1) is 0 Å². The Morgan fingerprint density at radius 3 is 2.63 bits per heavy atom. The third-order valence-corrected chi connectivity index (χ3v) is 6.90. The number of carbonyl (C=O) groups is 1. The van der Waals surface area contributed by atoms with Crippen molar-refractivity contribution in [3.05, 3.63) is 125 Å². The number of rotatable bonds is 6. The number of aromatic nitrogens is 6. The summed E-state index contributed by atoms with van der Waals surface area (Å²) in [5, 5.41) is 7.57. The van der Waals surface area contributed by atoms with Crippen LogP contribution in [0.25, 0.3) is 11.3 Å². The highest BCUT2D eigenvalue weighted by molar-refractivity contribution is 5.98. The zero-order chi connectivity index (χ0) is 28.5. The molecule has 0 saturated carbocycles. The van der Waals surface area contributed by atoms with Gasteiger partial charge in [-0.3, -0.25) is 13.9 Å². The standard InChI is InChI=1S/C33H29N7O/c1-22-12-25(14-30(13-22)39-19-24(3)35-21-39)15-32(41)27-8-7-23(2)26(16-27)9-10-29-18-34-33-31(6-5-11-40(29)33)37-28-17-36-38(4)20-28/h5-8,11-14,16-21,37H,15H2,1-4H3. The number of ketones is 1. The highest BCUT2D eigenvalue weighted by atomic mass is 16.1. The van der Waals surface area contributed by atoms with Crippen molar-refractivity contribution in [2.45, 2.75) is 27.2 Å². The molecule has 0 atom stereocenters. The monoisotopic (exact) mass is 539 g/mol. The summed E-state index contributed by atoms with van der Waals surface area (Å²) < 4.78 is 5.67. The first-order chi connectivity index (χ1) is 19.8. The van der Waals surface area contributed by atoms with Crippen molar-refractivity contribution in [1.82, 2.24) is 28.7 Å². The average molecular weight is 540 g/mol. The zero-order valence-electron chi connectivity index (χ0n) is 23.4. The Labute approximate surface area is 238 Å². The van der Waals surface area contributed by atoms with Crippen LogP contribution >= 0.6 is 0 Å². The molecule has 0 amide bonds. The Morgan fingerprint density at radius 2 is 1.85 bits per heavy atom. The number of aryl methyl sites for hydroxylation is 4. The van der Waals surface area contributed by atoms with Gasteiger partial charge in [-0.25, -0.2) is 9.97 Å². The van der Waals surface area contributed by atoms with Crippen LogP contribution in [0.5, 0.6) is 0 Å². The van der Waals surface area contributed by atoms with Crippen molar-refractivity contribution in [1.29, 1.82) is 0 Å². The van der Waals surface area contributed by atoms with E-state index in [1.807, 2.05) is 91.8 Å². The predicted octanol–water partition coefficient (Wildman–Crippen LogP) is 5.75. The predicted molar refractivity (Wildman–Crippen MR) is 160 cm³/mol. The molecule has 8 nitrogen and oxygen atoms in total. The minimum Gasteiger partial charge on any atom is -0.350 e. The number of pyridine rings is 1. The van der Waals surface area contributed by atoms with Crippen LogP contribution in [0.1, 0.15) is 44.0 Å². The summed E-state index contributed by atoms with van der Waals surface area (Å²) in [7, 11) is 1.88. The number of hydrogen-bond acceptors (Lipinski definition) is 5. The van der Waals surface area contributed by atoms with Crippen molar-refractivity contribution in [3.63, 3.8) is 0 Å². The summed E-state index contributed by atoms with van der Waals surface area (Å²) in [4.78, 5) is 22.3. The van der Waals surface area contributed by atoms with E-state index in [9.17, 15) is 4.79 Å². The molecule has 0 aliphatic heterocycles. The molecule has 0 unspecified atom stereocenters. The molecule has 4 heterocycles. The Morgan fingerprint density at radius 1 is 0.976 bits per heavy atom. The third-order valence-electron chi connectivity index (χ3n) is 6.90. The normalized spacial score (nSPS) is 10.9. The molecule has 41 heavy (non-hydrogen) atoms. The van der Waals surface area contributed by atoms with Crippen LogP contribution in [0.3, 0.4) is 0 Å². The summed E-state index contributed by atoms with van der Waals surface area (Å²) in [6.07, 6.45) is 11.5. The van der Waals surface area contributed by atoms with Gasteiger partial charge in [0, 0.05) is 48.9 Å². The lowest BCUT2D eigenvalue weighted by molar-refractivity contribution is 0.0993. The molecule has 0 radical (unpaired) electrons. The summed E-state index contributed by atoms with van der Waals surface area (Å²) in [6, 6.07) is 15.8. The fourth-order valence-corrected chi connectivity index (χ4v) is 4.85. The maximum absolute atomic E-state index is 13.3. The number of fused-ring (bicyclic) bond motifs is 1. The minimum atomic E-state index is 0.0485. The van der Waals surface area contributed by atoms with Gasteiger partial charge in [0.2, 0.25) is 0 Å². The van der Waals surface area contributed by atoms with Gasteiger partial charge < -0.3 is 9.88 Å². The second-order valence-corrected chi connectivity index (χ2v) is 10.3. The highest BCUT2D eigenvalue weighted by Gasteiger charge is 2.12. The Hall–Kier alpha value is -5.42. The summed E-state index contributed by atoms with van der Waals surface area (Å²) >= 11 is 0. The lowest BCUT2D eigenvalue weighted by atomic mass is 9.98. The molecule has 0 saturated heterocycles. The number of hydrogen-bond donors (Lipinski definition) is 1. The molecule has 0 spiro atoms. The van der Waals surface area contributed by atoms with E-state index in [2.05, 4.69) is 44.4 Å². The van der Waals surface area contributed by atoms with Gasteiger partial charge in [-0.05, 0) is 73.7 Å². The van der Waals surface area contributed by atoms with Crippen molar-refractivity contribution < 1.29 is 4.79 Å². The molecule has 0 fully saturated rings. The number of anilines is 2. The van der Waals surface area contributed by atoms with Crippen LogP contribution in [0.4, 0.5) is 11.4 Å². The van der Waals surface area contributed by atoms with Gasteiger partial charge in [0.05, 0.1) is 35.8 Å². The van der Waals surface area contributed by atoms with E-state index in [0.717, 1.165) is 56.4 Å². The van der Waals surface area contributed by atoms with Crippen molar-refractivity contribution >= 4 is 22.8 Å². The van der Waals surface area contributed by atoms with E-state index < -0.39 is 0 Å². The SMILES string of the molecule is Cc1cc(CC(=O)c2ccc(C)c(C#Cc3cnc4c(Nc5cnn(C)c5)cccn34)c2)cc(-n2cnc(C)c2)c1. The van der Waals surface area contributed by atoms with E-state index in [4.69, 9.17) is 0 Å². The quantitative estimate of drug-likeness (QED) is 0.215. The summed E-state index contributed by atoms with van der Waals surface area (Å²) in [5.74, 6) is 6.58. The molecule has 6 rings (SSSR count). The Balaban J connectivity index is 1.24. The van der Waals surface area contributed by atoms with E-state index in [1.165, 1.54) is 0 Å². The van der Waals surface area contributed by atoms with Crippen LogP contribution in [0.2, 0.25) is 0 Å². The van der Waals surface area contributed by atoms with Crippen LogP contribution in [-0.4, -0.2) is 34.5 Å². The second-order valence-electron chi connectivity index (χ2n) is 10.3. The van der Waals surface area contributed by atoms with Gasteiger partial charge in [0.1, 0.15) is 5.69 Å². The first-order valence-corrected chi connectivity index (χ1v) is 13.3. The largest absolute Gasteiger partial charge is 0.350 e. The molecule has 8 heteroatoms. The minimum absolute atomic E-state index is 0.0485. The Bertz CT molecular complexity index is 1980.